The van der Waals surface area contributed by atoms with Crippen molar-refractivity contribution in [3.8, 4) is 11.3 Å². The van der Waals surface area contributed by atoms with Crippen LogP contribution in [-0.4, -0.2) is 65.0 Å². The fourth-order valence-corrected chi connectivity index (χ4v) is 5.52. The number of rotatable bonds is 7. The summed E-state index contributed by atoms with van der Waals surface area (Å²) in [4.78, 5) is 7.05. The van der Waals surface area contributed by atoms with Crippen molar-refractivity contribution in [2.24, 2.45) is 0 Å². The largest absolute Gasteiger partial charge is 0.392 e. The lowest BCUT2D eigenvalue weighted by molar-refractivity contribution is 0.109. The van der Waals surface area contributed by atoms with Crippen LogP contribution in [0.2, 0.25) is 0 Å². The van der Waals surface area contributed by atoms with Crippen molar-refractivity contribution >= 4 is 27.0 Å². The van der Waals surface area contributed by atoms with Crippen molar-refractivity contribution < 1.29 is 13.5 Å². The predicted octanol–water partition coefficient (Wildman–Crippen LogP) is 4.10. The molecule has 2 N–H and O–H groups in total. The standard InChI is InChI=1S/C27H31N5O3S/c1-19(33)18-31-14-12-21(13-15-31)20-6-8-23(9-7-20)29-27-28-17-24-10-11-26(32(24)30-27)22-4-3-5-25(16-22)36(2,34)35/h3-11,16-17,19,21,33H,12-15,18H2,1-2H3,(H,29,30)/t19-/m0/s1. The molecule has 36 heavy (non-hydrogen) atoms. The smallest absolute Gasteiger partial charge is 0.245 e. The Bertz CT molecular complexity index is 1460. The first kappa shape index (κ1) is 24.4. The molecule has 1 fully saturated rings. The number of sulfone groups is 1. The van der Waals surface area contributed by atoms with Gasteiger partial charge in [-0.25, -0.2) is 17.9 Å². The van der Waals surface area contributed by atoms with Crippen LogP contribution >= 0.6 is 0 Å². The highest BCUT2D eigenvalue weighted by Gasteiger charge is 2.21. The van der Waals surface area contributed by atoms with Gasteiger partial charge in [-0.15, -0.1) is 5.10 Å². The summed E-state index contributed by atoms with van der Waals surface area (Å²) >= 11 is 0. The van der Waals surface area contributed by atoms with Crippen molar-refractivity contribution in [3.05, 3.63) is 72.4 Å². The summed E-state index contributed by atoms with van der Waals surface area (Å²) < 4.78 is 25.8. The Hall–Kier alpha value is -3.27. The second-order valence-corrected chi connectivity index (χ2v) is 11.6. The summed E-state index contributed by atoms with van der Waals surface area (Å²) in [5.74, 6) is 0.987. The molecule has 5 rings (SSSR count). The van der Waals surface area contributed by atoms with Crippen LogP contribution in [0.25, 0.3) is 16.8 Å². The molecule has 3 heterocycles. The Labute approximate surface area is 211 Å². The van der Waals surface area contributed by atoms with Crippen LogP contribution in [0.1, 0.15) is 31.2 Å². The molecular weight excluding hydrogens is 474 g/mol. The van der Waals surface area contributed by atoms with Gasteiger partial charge < -0.3 is 15.3 Å². The maximum absolute atomic E-state index is 12.0. The molecule has 4 aromatic rings. The highest BCUT2D eigenvalue weighted by atomic mass is 32.2. The third-order valence-electron chi connectivity index (χ3n) is 6.70. The first-order valence-corrected chi connectivity index (χ1v) is 14.1. The van der Waals surface area contributed by atoms with E-state index in [-0.39, 0.29) is 11.0 Å². The van der Waals surface area contributed by atoms with Crippen molar-refractivity contribution in [2.75, 3.05) is 31.2 Å². The van der Waals surface area contributed by atoms with Gasteiger partial charge in [0, 0.05) is 24.1 Å². The molecule has 0 radical (unpaired) electrons. The van der Waals surface area contributed by atoms with Crippen LogP contribution in [0, 0.1) is 0 Å². The van der Waals surface area contributed by atoms with Gasteiger partial charge in [0.05, 0.1) is 28.4 Å². The second-order valence-electron chi connectivity index (χ2n) is 9.61. The minimum absolute atomic E-state index is 0.274. The van der Waals surface area contributed by atoms with Gasteiger partial charge in [0.15, 0.2) is 9.84 Å². The van der Waals surface area contributed by atoms with Gasteiger partial charge in [-0.05, 0) is 80.7 Å². The Morgan fingerprint density at radius 2 is 1.83 bits per heavy atom. The average Bonchev–Trinajstić information content (AvgIpc) is 3.28. The maximum atomic E-state index is 12.0. The summed E-state index contributed by atoms with van der Waals surface area (Å²) in [6.07, 6.45) is 4.85. The van der Waals surface area contributed by atoms with E-state index in [1.165, 1.54) is 11.8 Å². The molecule has 0 aliphatic carbocycles. The normalized spacial score (nSPS) is 16.3. The van der Waals surface area contributed by atoms with Gasteiger partial charge in [-0.2, -0.15) is 0 Å². The molecule has 0 bridgehead atoms. The molecule has 1 saturated heterocycles. The molecule has 0 saturated carbocycles. The Kier molecular flexibility index (Phi) is 6.79. The molecule has 8 nitrogen and oxygen atoms in total. The monoisotopic (exact) mass is 505 g/mol. The highest BCUT2D eigenvalue weighted by molar-refractivity contribution is 7.90. The minimum Gasteiger partial charge on any atom is -0.392 e. The lowest BCUT2D eigenvalue weighted by Gasteiger charge is -2.32. The van der Waals surface area contributed by atoms with E-state index < -0.39 is 9.84 Å². The molecule has 9 heteroatoms. The van der Waals surface area contributed by atoms with Gasteiger partial charge in [0.2, 0.25) is 5.95 Å². The molecular formula is C27H31N5O3S. The zero-order valence-electron chi connectivity index (χ0n) is 20.5. The lowest BCUT2D eigenvalue weighted by Crippen LogP contribution is -2.37. The zero-order valence-corrected chi connectivity index (χ0v) is 21.3. The number of fused-ring (bicyclic) bond motifs is 1. The summed E-state index contributed by atoms with van der Waals surface area (Å²) in [5.41, 5.74) is 4.60. The number of aliphatic hydroxyl groups excluding tert-OH is 1. The number of piperidine rings is 1. The number of likely N-dealkylation sites (tertiary alicyclic amines) is 1. The Balaban J connectivity index is 1.31. The van der Waals surface area contributed by atoms with Crippen LogP contribution < -0.4 is 5.32 Å². The number of hydrogen-bond acceptors (Lipinski definition) is 7. The van der Waals surface area contributed by atoms with Gasteiger partial charge in [0.1, 0.15) is 0 Å². The summed E-state index contributed by atoms with van der Waals surface area (Å²) in [6, 6.07) is 19.1. The van der Waals surface area contributed by atoms with Crippen LogP contribution in [0.15, 0.2) is 71.8 Å². The zero-order chi connectivity index (χ0) is 25.3. The van der Waals surface area contributed by atoms with Crippen LogP contribution in [0.4, 0.5) is 11.6 Å². The van der Waals surface area contributed by atoms with Crippen molar-refractivity contribution in [2.45, 2.75) is 36.7 Å². The summed E-state index contributed by atoms with van der Waals surface area (Å²) in [5, 5.41) is 17.6. The van der Waals surface area contributed by atoms with Gasteiger partial charge in [-0.3, -0.25) is 0 Å². The SMILES string of the molecule is C[C@H](O)CN1CCC(c2ccc(Nc3ncc4ccc(-c5cccc(S(C)(=O)=O)c5)n4n3)cc2)CC1. The van der Waals surface area contributed by atoms with Crippen molar-refractivity contribution in [1.82, 2.24) is 19.5 Å². The minimum atomic E-state index is -3.30. The van der Waals surface area contributed by atoms with Crippen molar-refractivity contribution in [1.29, 1.82) is 0 Å². The molecule has 188 valence electrons. The van der Waals surface area contributed by atoms with Gasteiger partial charge in [0.25, 0.3) is 0 Å². The topological polar surface area (TPSA) is 99.8 Å². The number of benzene rings is 2. The van der Waals surface area contributed by atoms with Crippen LogP contribution in [0.3, 0.4) is 0 Å². The summed E-state index contributed by atoms with van der Waals surface area (Å²) in [6.45, 7) is 4.60. The van der Waals surface area contributed by atoms with E-state index in [0.717, 1.165) is 54.9 Å². The maximum Gasteiger partial charge on any atom is 0.245 e. The molecule has 0 amide bonds. The number of aromatic nitrogens is 3. The molecule has 1 atom stereocenters. The first-order valence-electron chi connectivity index (χ1n) is 12.2. The lowest BCUT2D eigenvalue weighted by atomic mass is 9.89. The fourth-order valence-electron chi connectivity index (χ4n) is 4.85. The predicted molar refractivity (Wildman–Crippen MR) is 141 cm³/mol. The van der Waals surface area contributed by atoms with E-state index in [0.29, 0.717) is 11.9 Å². The van der Waals surface area contributed by atoms with E-state index in [1.54, 1.807) is 28.9 Å². The Morgan fingerprint density at radius 1 is 1.08 bits per heavy atom. The number of hydrogen-bond donors (Lipinski definition) is 2. The number of nitrogens with one attached hydrogen (secondary N) is 1. The molecule has 1 aliphatic heterocycles. The van der Waals surface area contributed by atoms with E-state index in [9.17, 15) is 13.5 Å². The number of anilines is 2. The van der Waals surface area contributed by atoms with Crippen molar-refractivity contribution in [3.63, 3.8) is 0 Å². The van der Waals surface area contributed by atoms with E-state index in [4.69, 9.17) is 0 Å². The van der Waals surface area contributed by atoms with E-state index in [1.807, 2.05) is 25.1 Å². The third kappa shape index (κ3) is 5.43. The molecule has 0 unspecified atom stereocenters. The average molecular weight is 506 g/mol. The highest BCUT2D eigenvalue weighted by Crippen LogP contribution is 2.30. The van der Waals surface area contributed by atoms with Gasteiger partial charge >= 0.3 is 0 Å². The van der Waals surface area contributed by atoms with E-state index >= 15 is 0 Å². The molecule has 2 aromatic heterocycles. The van der Waals surface area contributed by atoms with Gasteiger partial charge in [-0.1, -0.05) is 24.3 Å². The number of β-amino-alcohol motifs (C(OH)–C–C–N with tert-alkyl or cyclic N) is 1. The fraction of sp³-hybridized carbons (Fsp3) is 0.333. The number of nitrogens with zero attached hydrogens (tertiary/aromatic N) is 4. The molecule has 1 aliphatic rings. The molecule has 0 spiro atoms. The van der Waals surface area contributed by atoms with Crippen LogP contribution in [-0.2, 0) is 9.84 Å². The van der Waals surface area contributed by atoms with E-state index in [2.05, 4.69) is 44.6 Å². The second kappa shape index (κ2) is 10.0. The quantitative estimate of drug-likeness (QED) is 0.390. The number of aliphatic hydroxyl groups is 1. The Morgan fingerprint density at radius 3 is 2.53 bits per heavy atom. The third-order valence-corrected chi connectivity index (χ3v) is 7.81. The summed E-state index contributed by atoms with van der Waals surface area (Å²) in [7, 11) is -3.30. The molecule has 2 aromatic carbocycles. The van der Waals surface area contributed by atoms with Crippen LogP contribution in [0.5, 0.6) is 0 Å². The first-order chi connectivity index (χ1) is 17.3.